The number of aliphatic hydroxyl groups excluding tert-OH is 28. The summed E-state index contributed by atoms with van der Waals surface area (Å²) in [4.78, 5) is 77.8. The van der Waals surface area contributed by atoms with E-state index in [0.29, 0.717) is 0 Å². The molecule has 11 fully saturated rings. The number of hydrogen-bond acceptors (Lipinski definition) is 55. The van der Waals surface area contributed by atoms with E-state index in [1.54, 1.807) is 0 Å². The van der Waals surface area contributed by atoms with Gasteiger partial charge in [0.2, 0.25) is 35.4 Å². The van der Waals surface area contributed by atoms with Crippen molar-refractivity contribution in [3.63, 3.8) is 0 Å². The minimum atomic E-state index is -2.77. The highest BCUT2D eigenvalue weighted by Gasteiger charge is 2.63. The lowest BCUT2D eigenvalue weighted by molar-refractivity contribution is -0.404. The van der Waals surface area contributed by atoms with Crippen molar-refractivity contribution in [2.45, 2.75) is 386 Å². The summed E-state index contributed by atoms with van der Waals surface area (Å²) in [6, 6.07) is -11.5. The molecule has 34 N–H and O–H groups in total. The maximum absolute atomic E-state index is 13.5. The van der Waals surface area contributed by atoms with E-state index in [0.717, 1.165) is 41.5 Å². The fraction of sp³-hybridized carbons (Fsp3) is 0.923. The van der Waals surface area contributed by atoms with Crippen molar-refractivity contribution in [3.05, 3.63) is 0 Å². The Balaban J connectivity index is 0.999. The molecule has 0 saturated carbocycles. The minimum Gasteiger partial charge on any atom is -0.394 e. The van der Waals surface area contributed by atoms with Gasteiger partial charge in [0.25, 0.3) is 0 Å². The zero-order valence-electron chi connectivity index (χ0n) is 75.4. The number of hydrogen-bond donors (Lipinski definition) is 34. The number of carbonyl (C=O) groups excluding carboxylic acids is 6. The van der Waals surface area contributed by atoms with Crippen molar-refractivity contribution in [2.24, 2.45) is 0 Å². The largest absolute Gasteiger partial charge is 0.394 e. The molecule has 11 aliphatic rings. The molecule has 139 heavy (non-hydrogen) atoms. The third-order valence-corrected chi connectivity index (χ3v) is 25.3. The van der Waals surface area contributed by atoms with Crippen LogP contribution >= 0.6 is 0 Å². The highest BCUT2D eigenvalue weighted by Crippen LogP contribution is 2.42. The predicted molar refractivity (Wildman–Crippen MR) is 430 cm³/mol. The monoisotopic (exact) mass is 2030 g/mol. The number of aliphatic hydroxyl groups is 28. The Morgan fingerprint density at radius 2 is 0.475 bits per heavy atom. The summed E-state index contributed by atoms with van der Waals surface area (Å²) >= 11 is 0. The van der Waals surface area contributed by atoms with Crippen LogP contribution in [0, 0.1) is 0 Å². The van der Waals surface area contributed by atoms with Crippen LogP contribution in [-0.2, 0) is 128 Å². The fourth-order valence-electron chi connectivity index (χ4n) is 18.0. The first-order chi connectivity index (χ1) is 65.6. The Hall–Kier alpha value is -5.14. The number of amides is 6. The van der Waals surface area contributed by atoms with Gasteiger partial charge in [-0.1, -0.05) is 0 Å². The molecule has 0 aromatic rings. The molecule has 11 aliphatic heterocycles. The molecule has 61 heteroatoms. The molecular formula is C78H130N6O55. The van der Waals surface area contributed by atoms with Crippen LogP contribution in [0.25, 0.3) is 0 Å². The normalized spacial score (nSPS) is 48.3. The topological polar surface area (TPSA) is 935 Å². The van der Waals surface area contributed by atoms with Crippen LogP contribution in [-0.4, -0.2) is 582 Å². The summed E-state index contributed by atoms with van der Waals surface area (Å²) in [6.07, 6.45) is -105. The van der Waals surface area contributed by atoms with E-state index < -0.39 is 439 Å². The maximum atomic E-state index is 13.5. The first-order valence-electron chi connectivity index (χ1n) is 44.5. The predicted octanol–water partition coefficient (Wildman–Crippen LogP) is -23.1. The van der Waals surface area contributed by atoms with Gasteiger partial charge >= 0.3 is 0 Å². The molecule has 0 aromatic carbocycles. The second-order valence-electron chi connectivity index (χ2n) is 35.3. The number of nitrogens with one attached hydrogen (secondary N) is 6. The van der Waals surface area contributed by atoms with Crippen molar-refractivity contribution in [1.29, 1.82) is 0 Å². The van der Waals surface area contributed by atoms with Gasteiger partial charge in [-0.15, -0.1) is 0 Å². The third kappa shape index (κ3) is 26.0. The van der Waals surface area contributed by atoms with E-state index in [9.17, 15) is 172 Å². The average molecular weight is 2030 g/mol. The molecule has 11 rings (SSSR count). The standard InChI is InChI=1S/C78H130N6O55/c1-18-41(98)54(111)57(114)74(122-18)120-17-34-63(52(109)35(68(118)123-34)79-19(2)92)134-72-39(83-23(6)96)53(110)61(30(13-90)129-72)135-76-60(117)65(48(105)33(131-76)16-121-77-66(138-70-37(81-21(4)94)50(107)43(100)26(9-86)125-70)56(113)46(103)32(132-77)15-119-69-36(80-20(3)93)49(106)42(99)25(8-85)124-69)137-78-67(139-71-38(82-22(5)95)51(108)44(101)27(10-87)126-71)59(116)62(31(14-91)130-78)133-73-40(84-24(7)97)64(47(104)29(12-89)127-73)136-75-58(115)55(112)45(102)28(11-88)128-75/h18,25-78,85-91,98-118H,8-17H2,1-7H3,(H,79,92)(H,80,93)(H,81,94)(H,82,95)(H,83,96)(H,84,97)/t18-,25+,26+,27+,28+,29+,30+,31+,32+,33+,34+,35+,36+,37+,38+,39+,40+,41+,42+,43+,44+,45-,46+,47+,48+,49+,50+,51+,52+,53+,54-,55-,56-,57-,58+,59-,60-,61+,62+,63+,64+,65-,66-,67-,68+,69+,70-,71-,72-,73-,74+,75-,76-,77-,78+/m0/s1. The molecule has 61 nitrogen and oxygen atoms in total. The summed E-state index contributed by atoms with van der Waals surface area (Å²) in [5.74, 6) is -5.70. The van der Waals surface area contributed by atoms with Crippen LogP contribution in [0.3, 0.4) is 0 Å². The minimum absolute atomic E-state index is 0.840. The highest BCUT2D eigenvalue weighted by molar-refractivity contribution is 5.75. The molecule has 55 atom stereocenters. The zero-order valence-corrected chi connectivity index (χ0v) is 75.4. The molecule has 6 amide bonds. The van der Waals surface area contributed by atoms with E-state index in [4.69, 9.17) is 99.5 Å². The summed E-state index contributed by atoms with van der Waals surface area (Å²) in [6.45, 7) is -4.59. The number of ether oxygens (including phenoxy) is 21. The Kier molecular flexibility index (Phi) is 41.1. The van der Waals surface area contributed by atoms with Gasteiger partial charge in [-0.25, -0.2) is 0 Å². The van der Waals surface area contributed by atoms with E-state index in [-0.39, 0.29) is 0 Å². The van der Waals surface area contributed by atoms with E-state index in [1.807, 2.05) is 0 Å². The van der Waals surface area contributed by atoms with Crippen molar-refractivity contribution in [3.8, 4) is 0 Å². The van der Waals surface area contributed by atoms with E-state index in [1.165, 1.54) is 6.92 Å². The van der Waals surface area contributed by atoms with Crippen LogP contribution in [0.5, 0.6) is 0 Å². The molecule has 11 heterocycles. The average Bonchev–Trinajstić information content (AvgIpc) is 0.752. The Labute approximate surface area is 788 Å². The van der Waals surface area contributed by atoms with Gasteiger partial charge in [0, 0.05) is 41.5 Å². The second kappa shape index (κ2) is 50.0. The first kappa shape index (κ1) is 114. The smallest absolute Gasteiger partial charge is 0.217 e. The van der Waals surface area contributed by atoms with Gasteiger partial charge < -0.3 is 274 Å². The molecule has 0 radical (unpaired) electrons. The van der Waals surface area contributed by atoms with Crippen LogP contribution in [0.15, 0.2) is 0 Å². The van der Waals surface area contributed by atoms with Crippen LogP contribution < -0.4 is 31.9 Å². The Morgan fingerprint density at radius 1 is 0.201 bits per heavy atom. The van der Waals surface area contributed by atoms with Crippen LogP contribution in [0.4, 0.5) is 0 Å². The van der Waals surface area contributed by atoms with Gasteiger partial charge in [-0.05, 0) is 6.92 Å². The molecular weight excluding hydrogens is 1900 g/mol. The summed E-state index contributed by atoms with van der Waals surface area (Å²) in [5.41, 5.74) is 0. The number of rotatable bonds is 36. The Bertz CT molecular complexity index is 3900. The molecule has 11 saturated heterocycles. The zero-order chi connectivity index (χ0) is 102. The van der Waals surface area contributed by atoms with Gasteiger partial charge in [-0.3, -0.25) is 28.8 Å². The fourth-order valence-corrected chi connectivity index (χ4v) is 18.0. The van der Waals surface area contributed by atoms with Crippen molar-refractivity contribution in [1.82, 2.24) is 31.9 Å². The van der Waals surface area contributed by atoms with E-state index >= 15 is 0 Å². The van der Waals surface area contributed by atoms with E-state index in [2.05, 4.69) is 31.9 Å². The Morgan fingerprint density at radius 3 is 0.950 bits per heavy atom. The lowest BCUT2D eigenvalue weighted by Gasteiger charge is -2.52. The third-order valence-electron chi connectivity index (χ3n) is 25.3. The van der Waals surface area contributed by atoms with Gasteiger partial charge in [0.15, 0.2) is 69.2 Å². The highest BCUT2D eigenvalue weighted by atomic mass is 16.8. The lowest BCUT2D eigenvalue weighted by Crippen LogP contribution is -2.71. The lowest BCUT2D eigenvalue weighted by atomic mass is 9.93. The maximum Gasteiger partial charge on any atom is 0.217 e. The van der Waals surface area contributed by atoms with Crippen LogP contribution in [0.1, 0.15) is 48.5 Å². The van der Waals surface area contributed by atoms with Crippen molar-refractivity contribution in [2.75, 3.05) is 66.1 Å². The van der Waals surface area contributed by atoms with Crippen LogP contribution in [0.2, 0.25) is 0 Å². The first-order valence-corrected chi connectivity index (χ1v) is 44.5. The summed E-state index contributed by atoms with van der Waals surface area (Å²) < 4.78 is 127. The summed E-state index contributed by atoms with van der Waals surface area (Å²) in [5, 5.41) is 333. The van der Waals surface area contributed by atoms with Crippen molar-refractivity contribution < 1.29 is 271 Å². The number of carbonyl (C=O) groups is 6. The molecule has 0 aromatic heterocycles. The van der Waals surface area contributed by atoms with Gasteiger partial charge in [-0.2, -0.15) is 0 Å². The quantitative estimate of drug-likeness (QED) is 0.0277. The second-order valence-corrected chi connectivity index (χ2v) is 35.3. The molecule has 0 spiro atoms. The van der Waals surface area contributed by atoms with Crippen molar-refractivity contribution >= 4 is 35.4 Å². The van der Waals surface area contributed by atoms with Gasteiger partial charge in [0.1, 0.15) is 262 Å². The van der Waals surface area contributed by atoms with Gasteiger partial charge in [0.05, 0.1) is 72.2 Å². The molecule has 0 bridgehead atoms. The molecule has 0 aliphatic carbocycles. The SMILES string of the molecule is CC(=O)N[C@@H]1[C@@H](O)[C@H](O[C@@H]2O[C@H](CO)[C@@H](O[C@@H]3O[C@H](CO[C@H]4O[C@H](CO[C@@H]5O[C@H](CO)[C@@H](O)[C@H](O)[C@H]5NC(C)=O)[C@@H](O)[C@H](O)[C@@H]4O[C@@H]4O[C@H](CO)[C@@H](O)[C@H](O)[C@H]4NC(C)=O)[C@@H](O)[C@H](O[C@H]4O[C@H](CO)[C@@H](O[C@@H]5O[C@H](CO)[C@@H](O)[C@H](O[C@@H]6O[C@H](CO)[C@H](O)[C@H](O)[C@H]6O)[C@H]5NC(C)=O)[C@H](O)[C@@H]4O[C@@H]4O[C@H](CO)[C@@H](O)[C@H](O)[C@H]4NC(C)=O)[C@@H]3O)[C@H](O)[C@H]2NC(C)=O)[C@@H](CO[C@@H]2O[C@@H](C)[C@@H](O)[C@H](O)[C@@H]2O)O[C@H]1O. The summed E-state index contributed by atoms with van der Waals surface area (Å²) in [7, 11) is 0. The molecule has 0 unspecified atom stereocenters. The molecule has 802 valence electrons.